The first-order valence-electron chi connectivity index (χ1n) is 7.93. The maximum Gasteiger partial charge on any atom is 0.193 e. The van der Waals surface area contributed by atoms with Crippen molar-refractivity contribution in [3.05, 3.63) is 30.3 Å². The van der Waals surface area contributed by atoms with E-state index in [1.54, 1.807) is 0 Å². The van der Waals surface area contributed by atoms with Crippen molar-refractivity contribution in [2.45, 2.75) is 26.2 Å². The molecule has 1 aliphatic rings. The zero-order chi connectivity index (χ0) is 14.9. The van der Waals surface area contributed by atoms with Crippen molar-refractivity contribution in [3.63, 3.8) is 0 Å². The van der Waals surface area contributed by atoms with Crippen molar-refractivity contribution in [3.8, 4) is 5.75 Å². The number of nitrogens with zero attached hydrogens (tertiary/aromatic N) is 2. The molecule has 1 aliphatic heterocycles. The molecule has 0 aromatic heterocycles. The molecule has 1 heterocycles. The Hall–Kier alpha value is -0.980. The largest absolute Gasteiger partial charge is 0.494 e. The average Bonchev–Trinajstić information content (AvgIpc) is 2.52. The zero-order valence-corrected chi connectivity index (χ0v) is 16.0. The molecule has 1 atom stereocenters. The smallest absolute Gasteiger partial charge is 0.193 e. The Morgan fingerprint density at radius 2 is 2.14 bits per heavy atom. The zero-order valence-electron chi connectivity index (χ0n) is 13.6. The maximum absolute atomic E-state index is 5.69. The van der Waals surface area contributed by atoms with Gasteiger partial charge in [-0.25, -0.2) is 0 Å². The first-order valence-corrected chi connectivity index (χ1v) is 7.93. The molecule has 1 unspecified atom stereocenters. The molecule has 1 aromatic rings. The highest BCUT2D eigenvalue weighted by atomic mass is 127. The van der Waals surface area contributed by atoms with E-state index in [4.69, 9.17) is 4.74 Å². The summed E-state index contributed by atoms with van der Waals surface area (Å²) in [6.07, 6.45) is 3.56. The van der Waals surface area contributed by atoms with Crippen LogP contribution in [0.5, 0.6) is 5.75 Å². The molecule has 124 valence electrons. The van der Waals surface area contributed by atoms with Gasteiger partial charge in [0, 0.05) is 26.7 Å². The predicted octanol–water partition coefficient (Wildman–Crippen LogP) is 3.38. The van der Waals surface area contributed by atoms with Gasteiger partial charge in [0.2, 0.25) is 0 Å². The van der Waals surface area contributed by atoms with Crippen LogP contribution in [0.15, 0.2) is 35.3 Å². The lowest BCUT2D eigenvalue weighted by atomic mass is 10.0. The van der Waals surface area contributed by atoms with Crippen LogP contribution in [0, 0.1) is 5.92 Å². The summed E-state index contributed by atoms with van der Waals surface area (Å²) >= 11 is 0. The second kappa shape index (κ2) is 10.7. The molecule has 4 nitrogen and oxygen atoms in total. The minimum absolute atomic E-state index is 0. The molecule has 0 saturated carbocycles. The van der Waals surface area contributed by atoms with Crippen LogP contribution in [0.4, 0.5) is 0 Å². The second-order valence-electron chi connectivity index (χ2n) is 5.68. The second-order valence-corrected chi connectivity index (χ2v) is 5.68. The van der Waals surface area contributed by atoms with Crippen molar-refractivity contribution >= 4 is 29.9 Å². The first-order chi connectivity index (χ1) is 10.3. The van der Waals surface area contributed by atoms with Crippen molar-refractivity contribution in [2.75, 3.05) is 33.3 Å². The van der Waals surface area contributed by atoms with Crippen LogP contribution in [-0.4, -0.2) is 44.1 Å². The molecule has 2 rings (SSSR count). The van der Waals surface area contributed by atoms with E-state index in [9.17, 15) is 0 Å². The molecule has 0 aliphatic carbocycles. The normalized spacial score (nSPS) is 18.5. The van der Waals surface area contributed by atoms with E-state index >= 15 is 0 Å². The van der Waals surface area contributed by atoms with Crippen LogP contribution in [0.2, 0.25) is 0 Å². The number of aliphatic imine (C=N–C) groups is 1. The summed E-state index contributed by atoms with van der Waals surface area (Å²) in [6.45, 7) is 6.16. The van der Waals surface area contributed by atoms with Gasteiger partial charge in [-0.1, -0.05) is 25.1 Å². The highest BCUT2D eigenvalue weighted by molar-refractivity contribution is 14.0. The molecule has 1 aromatic carbocycles. The summed E-state index contributed by atoms with van der Waals surface area (Å²) < 4.78 is 5.69. The number of hydrogen-bond acceptors (Lipinski definition) is 2. The number of para-hydroxylation sites is 1. The lowest BCUT2D eigenvalue weighted by Gasteiger charge is -2.33. The molecule has 22 heavy (non-hydrogen) atoms. The lowest BCUT2D eigenvalue weighted by Crippen LogP contribution is -2.46. The van der Waals surface area contributed by atoms with Gasteiger partial charge in [0.25, 0.3) is 0 Å². The van der Waals surface area contributed by atoms with Crippen LogP contribution in [0.25, 0.3) is 0 Å². The van der Waals surface area contributed by atoms with Crippen molar-refractivity contribution < 1.29 is 4.74 Å². The monoisotopic (exact) mass is 417 g/mol. The van der Waals surface area contributed by atoms with Gasteiger partial charge in [-0.15, -0.1) is 24.0 Å². The lowest BCUT2D eigenvalue weighted by molar-refractivity contribution is 0.264. The number of likely N-dealkylation sites (tertiary alicyclic amines) is 1. The number of piperidine rings is 1. The molecule has 0 radical (unpaired) electrons. The topological polar surface area (TPSA) is 36.9 Å². The standard InChI is InChI=1S/C17H27N3O.HI/c1-15-8-6-12-20(14-15)17(18-2)19-11-7-13-21-16-9-4-3-5-10-16;/h3-5,9-10,15H,6-8,11-14H2,1-2H3,(H,18,19);1H. The Morgan fingerprint density at radius 1 is 1.36 bits per heavy atom. The molecule has 1 fully saturated rings. The molecular weight excluding hydrogens is 389 g/mol. The van der Waals surface area contributed by atoms with E-state index in [2.05, 4.69) is 22.1 Å². The molecule has 1 N–H and O–H groups in total. The van der Waals surface area contributed by atoms with Gasteiger partial charge in [0.1, 0.15) is 5.75 Å². The first kappa shape index (κ1) is 19.1. The fourth-order valence-corrected chi connectivity index (χ4v) is 2.69. The van der Waals surface area contributed by atoms with Gasteiger partial charge in [0.15, 0.2) is 5.96 Å². The van der Waals surface area contributed by atoms with Gasteiger partial charge in [-0.05, 0) is 37.3 Å². The Labute approximate surface area is 151 Å². The third-order valence-electron chi connectivity index (χ3n) is 3.78. The number of halogens is 1. The SMILES string of the molecule is CN=C(NCCCOc1ccccc1)N1CCCC(C)C1.I. The third kappa shape index (κ3) is 6.42. The number of hydrogen-bond donors (Lipinski definition) is 1. The maximum atomic E-state index is 5.69. The molecule has 1 saturated heterocycles. The van der Waals surface area contributed by atoms with Crippen molar-refractivity contribution in [1.82, 2.24) is 10.2 Å². The summed E-state index contributed by atoms with van der Waals surface area (Å²) in [5.74, 6) is 2.73. The van der Waals surface area contributed by atoms with E-state index in [1.165, 1.54) is 12.8 Å². The number of nitrogens with one attached hydrogen (secondary N) is 1. The van der Waals surface area contributed by atoms with Crippen molar-refractivity contribution in [1.29, 1.82) is 0 Å². The highest BCUT2D eigenvalue weighted by Crippen LogP contribution is 2.15. The summed E-state index contributed by atoms with van der Waals surface area (Å²) in [7, 11) is 1.86. The Morgan fingerprint density at radius 3 is 2.82 bits per heavy atom. The Bertz CT molecular complexity index is 439. The minimum atomic E-state index is 0. The van der Waals surface area contributed by atoms with Gasteiger partial charge in [0.05, 0.1) is 6.61 Å². The minimum Gasteiger partial charge on any atom is -0.494 e. The molecule has 5 heteroatoms. The molecule has 0 spiro atoms. The summed E-state index contributed by atoms with van der Waals surface area (Å²) in [5.41, 5.74) is 0. The van der Waals surface area contributed by atoms with Gasteiger partial charge in [-0.3, -0.25) is 4.99 Å². The Balaban J connectivity index is 0.00000242. The fraction of sp³-hybridized carbons (Fsp3) is 0.588. The van der Waals surface area contributed by atoms with Crippen LogP contribution < -0.4 is 10.1 Å². The van der Waals surface area contributed by atoms with Crippen LogP contribution in [0.1, 0.15) is 26.2 Å². The van der Waals surface area contributed by atoms with Crippen LogP contribution >= 0.6 is 24.0 Å². The molecule has 0 bridgehead atoms. The van der Waals surface area contributed by atoms with E-state index < -0.39 is 0 Å². The summed E-state index contributed by atoms with van der Waals surface area (Å²) in [4.78, 5) is 6.76. The van der Waals surface area contributed by atoms with E-state index in [-0.39, 0.29) is 24.0 Å². The number of guanidine groups is 1. The van der Waals surface area contributed by atoms with Gasteiger partial charge >= 0.3 is 0 Å². The highest BCUT2D eigenvalue weighted by Gasteiger charge is 2.18. The quantitative estimate of drug-likeness (QED) is 0.346. The third-order valence-corrected chi connectivity index (χ3v) is 3.78. The van der Waals surface area contributed by atoms with Gasteiger partial charge in [-0.2, -0.15) is 0 Å². The van der Waals surface area contributed by atoms with E-state index in [0.29, 0.717) is 0 Å². The van der Waals surface area contributed by atoms with Gasteiger partial charge < -0.3 is 15.0 Å². The average molecular weight is 417 g/mol. The van der Waals surface area contributed by atoms with E-state index in [0.717, 1.165) is 50.3 Å². The molecular formula is C17H28IN3O. The number of rotatable bonds is 5. The predicted molar refractivity (Wildman–Crippen MR) is 103 cm³/mol. The fourth-order valence-electron chi connectivity index (χ4n) is 2.69. The van der Waals surface area contributed by atoms with Crippen LogP contribution in [0.3, 0.4) is 0 Å². The number of ether oxygens (including phenoxy) is 1. The number of benzene rings is 1. The van der Waals surface area contributed by atoms with Crippen molar-refractivity contribution in [2.24, 2.45) is 10.9 Å². The van der Waals surface area contributed by atoms with Crippen LogP contribution in [-0.2, 0) is 0 Å². The van der Waals surface area contributed by atoms with E-state index in [1.807, 2.05) is 37.4 Å². The summed E-state index contributed by atoms with van der Waals surface area (Å²) in [6, 6.07) is 9.96. The Kier molecular flexibility index (Phi) is 9.27. The molecule has 0 amide bonds. The summed E-state index contributed by atoms with van der Waals surface area (Å²) in [5, 5.41) is 3.44.